The van der Waals surface area contributed by atoms with Crippen LogP contribution in [0.25, 0.3) is 11.0 Å². The summed E-state index contributed by atoms with van der Waals surface area (Å²) in [7, 11) is 0. The molecule has 0 aromatic carbocycles. The fraction of sp³-hybridized carbons (Fsp3) is 0.273. The second-order valence-electron chi connectivity index (χ2n) is 3.93. The summed E-state index contributed by atoms with van der Waals surface area (Å²) in [5, 5.41) is 18.9. The molecule has 1 aliphatic carbocycles. The molecule has 0 aliphatic heterocycles. The number of carbonyl (C=O) groups is 1. The minimum Gasteiger partial charge on any atom is -0.504 e. The zero-order valence-electron chi connectivity index (χ0n) is 8.30. The lowest BCUT2D eigenvalue weighted by Gasteiger charge is -1.96. The quantitative estimate of drug-likeness (QED) is 0.808. The fourth-order valence-electron chi connectivity index (χ4n) is 1.82. The Morgan fingerprint density at radius 2 is 2.25 bits per heavy atom. The Morgan fingerprint density at radius 3 is 2.88 bits per heavy atom. The minimum atomic E-state index is -1.27. The monoisotopic (exact) mass is 219 g/mol. The van der Waals surface area contributed by atoms with Crippen LogP contribution in [0, 0.1) is 0 Å². The number of pyridine rings is 1. The third-order valence-electron chi connectivity index (χ3n) is 2.76. The number of hydrogen-bond donors (Lipinski definition) is 2. The molecule has 0 spiro atoms. The minimum absolute atomic E-state index is 0.313. The van der Waals surface area contributed by atoms with E-state index in [9.17, 15) is 9.90 Å². The van der Waals surface area contributed by atoms with E-state index in [1.807, 2.05) is 0 Å². The number of fused-ring (bicyclic) bond motifs is 1. The maximum atomic E-state index is 10.8. The molecule has 2 aromatic heterocycles. The molecule has 1 saturated carbocycles. The summed E-state index contributed by atoms with van der Waals surface area (Å²) in [5.41, 5.74) is 1.15. The first kappa shape index (κ1) is 9.21. The average molecular weight is 219 g/mol. The van der Waals surface area contributed by atoms with Gasteiger partial charge in [-0.1, -0.05) is 0 Å². The van der Waals surface area contributed by atoms with Gasteiger partial charge in [0.25, 0.3) is 5.76 Å². The van der Waals surface area contributed by atoms with Crippen LogP contribution in [-0.4, -0.2) is 21.2 Å². The zero-order chi connectivity index (χ0) is 11.3. The molecule has 3 rings (SSSR count). The van der Waals surface area contributed by atoms with Gasteiger partial charge >= 0.3 is 5.97 Å². The summed E-state index contributed by atoms with van der Waals surface area (Å²) < 4.78 is 5.18. The number of rotatable bonds is 2. The fourth-order valence-corrected chi connectivity index (χ4v) is 1.82. The first-order valence-electron chi connectivity index (χ1n) is 5.02. The van der Waals surface area contributed by atoms with Gasteiger partial charge in [-0.15, -0.1) is 0 Å². The van der Waals surface area contributed by atoms with Gasteiger partial charge in [0, 0.05) is 12.1 Å². The number of nitrogens with zero attached hydrogens (tertiary/aromatic N) is 1. The molecule has 82 valence electrons. The predicted molar refractivity (Wildman–Crippen MR) is 54.6 cm³/mol. The van der Waals surface area contributed by atoms with E-state index in [2.05, 4.69) is 4.98 Å². The lowest BCUT2D eigenvalue weighted by molar-refractivity contribution is 0.0660. The molecule has 0 bridgehead atoms. The lowest BCUT2D eigenvalue weighted by Crippen LogP contribution is -1.92. The molecule has 1 aliphatic rings. The third kappa shape index (κ3) is 1.18. The predicted octanol–water partition coefficient (Wildman–Crippen LogP) is 2.11. The van der Waals surface area contributed by atoms with Gasteiger partial charge in [0.05, 0.1) is 11.1 Å². The van der Waals surface area contributed by atoms with Crippen molar-refractivity contribution in [1.82, 2.24) is 4.98 Å². The van der Waals surface area contributed by atoms with Gasteiger partial charge in [0.1, 0.15) is 0 Å². The molecular formula is C11H9NO4. The van der Waals surface area contributed by atoms with Crippen LogP contribution in [0.4, 0.5) is 0 Å². The smallest absolute Gasteiger partial charge is 0.375 e. The standard InChI is InChI=1S/C11H9NO4/c13-8-6-3-4-12-7(5-1-2-5)9(6)16-10(8)11(14)15/h3-5,13H,1-2H2,(H,14,15). The first-order chi connectivity index (χ1) is 7.68. The summed E-state index contributed by atoms with van der Waals surface area (Å²) in [6.45, 7) is 0. The number of aromatic nitrogens is 1. The Hall–Kier alpha value is -2.04. The SMILES string of the molecule is O=C(O)c1oc2c(C3CC3)nccc2c1O. The number of carboxylic acids is 1. The van der Waals surface area contributed by atoms with Gasteiger partial charge in [-0.25, -0.2) is 4.79 Å². The second kappa shape index (κ2) is 2.98. The van der Waals surface area contributed by atoms with Crippen LogP contribution in [-0.2, 0) is 0 Å². The van der Waals surface area contributed by atoms with Crippen molar-refractivity contribution in [3.63, 3.8) is 0 Å². The van der Waals surface area contributed by atoms with Gasteiger partial charge in [-0.05, 0) is 18.9 Å². The van der Waals surface area contributed by atoms with Crippen molar-refractivity contribution >= 4 is 16.9 Å². The van der Waals surface area contributed by atoms with Crippen molar-refractivity contribution in [2.75, 3.05) is 0 Å². The Morgan fingerprint density at radius 1 is 1.50 bits per heavy atom. The van der Waals surface area contributed by atoms with E-state index in [1.54, 1.807) is 12.3 Å². The highest BCUT2D eigenvalue weighted by Gasteiger charge is 2.30. The normalized spacial score (nSPS) is 15.5. The maximum Gasteiger partial charge on any atom is 0.375 e. The van der Waals surface area contributed by atoms with E-state index < -0.39 is 11.7 Å². The topological polar surface area (TPSA) is 83.6 Å². The molecule has 1 fully saturated rings. The first-order valence-corrected chi connectivity index (χ1v) is 5.02. The molecule has 16 heavy (non-hydrogen) atoms. The Bertz CT molecular complexity index is 583. The summed E-state index contributed by atoms with van der Waals surface area (Å²) in [5.74, 6) is -1.65. The molecule has 0 unspecified atom stereocenters. The Kier molecular flexibility index (Phi) is 1.71. The largest absolute Gasteiger partial charge is 0.504 e. The van der Waals surface area contributed by atoms with Gasteiger partial charge in [0.15, 0.2) is 11.3 Å². The number of aromatic carboxylic acids is 1. The van der Waals surface area contributed by atoms with Gasteiger partial charge < -0.3 is 14.6 Å². The number of aromatic hydroxyl groups is 1. The van der Waals surface area contributed by atoms with Gasteiger partial charge in [0.2, 0.25) is 0 Å². The average Bonchev–Trinajstić information content (AvgIpc) is 3.03. The van der Waals surface area contributed by atoms with E-state index in [0.29, 0.717) is 16.9 Å². The summed E-state index contributed by atoms with van der Waals surface area (Å²) in [4.78, 5) is 15.0. The van der Waals surface area contributed by atoms with Crippen LogP contribution in [0.5, 0.6) is 5.75 Å². The van der Waals surface area contributed by atoms with Crippen LogP contribution < -0.4 is 0 Å². The molecule has 2 N–H and O–H groups in total. The van der Waals surface area contributed by atoms with Crippen molar-refractivity contribution in [1.29, 1.82) is 0 Å². The van der Waals surface area contributed by atoms with E-state index in [-0.39, 0.29) is 5.75 Å². The van der Waals surface area contributed by atoms with E-state index in [0.717, 1.165) is 18.5 Å². The van der Waals surface area contributed by atoms with Crippen molar-refractivity contribution < 1.29 is 19.4 Å². The van der Waals surface area contributed by atoms with Crippen LogP contribution in [0.1, 0.15) is 35.0 Å². The van der Waals surface area contributed by atoms with Crippen molar-refractivity contribution in [2.24, 2.45) is 0 Å². The van der Waals surface area contributed by atoms with Crippen LogP contribution in [0.3, 0.4) is 0 Å². The highest BCUT2D eigenvalue weighted by Crippen LogP contribution is 2.44. The molecule has 0 amide bonds. The third-order valence-corrected chi connectivity index (χ3v) is 2.76. The van der Waals surface area contributed by atoms with Gasteiger partial charge in [-0.3, -0.25) is 4.98 Å². The summed E-state index contributed by atoms with van der Waals surface area (Å²) in [6.07, 6.45) is 3.64. The number of furan rings is 1. The molecule has 5 heteroatoms. The van der Waals surface area contributed by atoms with E-state index in [1.165, 1.54) is 0 Å². The highest BCUT2D eigenvalue weighted by molar-refractivity contribution is 5.98. The zero-order valence-corrected chi connectivity index (χ0v) is 8.30. The lowest BCUT2D eigenvalue weighted by atomic mass is 10.2. The van der Waals surface area contributed by atoms with Crippen LogP contribution in [0.2, 0.25) is 0 Å². The summed E-state index contributed by atoms with van der Waals surface area (Å²) >= 11 is 0. The second-order valence-corrected chi connectivity index (χ2v) is 3.93. The van der Waals surface area contributed by atoms with Crippen molar-refractivity contribution in [3.05, 3.63) is 23.7 Å². The maximum absolute atomic E-state index is 10.8. The number of hydrogen-bond acceptors (Lipinski definition) is 4. The molecule has 0 saturated heterocycles. The Balaban J connectivity index is 2.31. The van der Waals surface area contributed by atoms with E-state index >= 15 is 0 Å². The highest BCUT2D eigenvalue weighted by atomic mass is 16.4. The molecule has 2 aromatic rings. The molecular weight excluding hydrogens is 210 g/mol. The molecule has 0 radical (unpaired) electrons. The molecule has 2 heterocycles. The van der Waals surface area contributed by atoms with Gasteiger partial charge in [-0.2, -0.15) is 0 Å². The molecule has 5 nitrogen and oxygen atoms in total. The van der Waals surface area contributed by atoms with Crippen molar-refractivity contribution in [3.8, 4) is 5.75 Å². The van der Waals surface area contributed by atoms with E-state index in [4.69, 9.17) is 9.52 Å². The summed E-state index contributed by atoms with van der Waals surface area (Å²) in [6, 6.07) is 1.56. The Labute approximate surface area is 90.3 Å². The van der Waals surface area contributed by atoms with Crippen LogP contribution in [0.15, 0.2) is 16.7 Å². The molecule has 0 atom stereocenters. The van der Waals surface area contributed by atoms with Crippen LogP contribution >= 0.6 is 0 Å². The number of carboxylic acid groups (broad SMARTS) is 1. The van der Waals surface area contributed by atoms with Crippen molar-refractivity contribution in [2.45, 2.75) is 18.8 Å².